The first-order chi connectivity index (χ1) is 18.3. The summed E-state index contributed by atoms with van der Waals surface area (Å²) in [6.07, 6.45) is 8.25. The number of rotatable bonds is 8. The summed E-state index contributed by atoms with van der Waals surface area (Å²) in [5, 5.41) is 12.0. The standard InChI is InChI=1S/C28H26N4O5S.2ClH/c1-3-37-28(34)26-24(17-38(35,36)20-9-5-4-6-10-20)31(2)23-14-21(19-8-7-11-29-15-19)27(33)22(25(23)26)16-32-13-12-30-18-32;;/h4-15,18,33H,3,16-17H2,1-2H3;2*1H. The lowest BCUT2D eigenvalue weighted by Gasteiger charge is -2.14. The van der Waals surface area contributed by atoms with Crippen molar-refractivity contribution in [3.8, 4) is 16.9 Å². The van der Waals surface area contributed by atoms with Gasteiger partial charge in [0.25, 0.3) is 0 Å². The van der Waals surface area contributed by atoms with Gasteiger partial charge in [0.1, 0.15) is 5.75 Å². The van der Waals surface area contributed by atoms with Crippen LogP contribution in [0.3, 0.4) is 0 Å². The predicted molar refractivity (Wildman–Crippen MR) is 157 cm³/mol. The molecule has 9 nitrogen and oxygen atoms in total. The van der Waals surface area contributed by atoms with Gasteiger partial charge in [-0.25, -0.2) is 18.2 Å². The van der Waals surface area contributed by atoms with Crippen LogP contribution in [0.4, 0.5) is 0 Å². The summed E-state index contributed by atoms with van der Waals surface area (Å²) in [7, 11) is -2.09. The van der Waals surface area contributed by atoms with Crippen LogP contribution in [0, 0.1) is 0 Å². The Labute approximate surface area is 244 Å². The van der Waals surface area contributed by atoms with Crippen LogP contribution < -0.4 is 0 Å². The minimum Gasteiger partial charge on any atom is -0.507 e. The Morgan fingerprint density at radius 2 is 1.80 bits per heavy atom. The van der Waals surface area contributed by atoms with Crippen LogP contribution >= 0.6 is 24.8 Å². The van der Waals surface area contributed by atoms with Gasteiger partial charge in [0, 0.05) is 59.6 Å². The molecule has 0 saturated heterocycles. The lowest BCUT2D eigenvalue weighted by molar-refractivity contribution is 0.0527. The summed E-state index contributed by atoms with van der Waals surface area (Å²) in [5.41, 5.74) is 2.61. The third-order valence-electron chi connectivity index (χ3n) is 6.47. The van der Waals surface area contributed by atoms with Crippen LogP contribution in [0.2, 0.25) is 0 Å². The SMILES string of the molecule is CCOC(=O)c1c(CS(=O)(=O)c2ccccc2)n(C)c2cc(-c3cccnc3)c(O)c(Cn3ccnc3)c12.Cl.Cl. The van der Waals surface area contributed by atoms with Gasteiger partial charge in [0.15, 0.2) is 9.84 Å². The molecule has 0 bridgehead atoms. The number of aromatic hydroxyl groups is 1. The first-order valence-corrected chi connectivity index (χ1v) is 13.6. The molecule has 12 heteroatoms. The summed E-state index contributed by atoms with van der Waals surface area (Å²) in [6.45, 7) is 1.99. The first-order valence-electron chi connectivity index (χ1n) is 12.0. The Morgan fingerprint density at radius 3 is 2.42 bits per heavy atom. The molecule has 1 N–H and O–H groups in total. The molecule has 0 spiro atoms. The van der Waals surface area contributed by atoms with Gasteiger partial charge < -0.3 is 19.0 Å². The molecule has 0 unspecified atom stereocenters. The van der Waals surface area contributed by atoms with Gasteiger partial charge in [-0.15, -0.1) is 24.8 Å². The number of aromatic nitrogens is 4. The van der Waals surface area contributed by atoms with Crippen LogP contribution in [-0.2, 0) is 33.9 Å². The zero-order chi connectivity index (χ0) is 26.9. The number of sulfone groups is 1. The van der Waals surface area contributed by atoms with E-state index in [9.17, 15) is 18.3 Å². The van der Waals surface area contributed by atoms with Crippen LogP contribution in [0.25, 0.3) is 22.0 Å². The van der Waals surface area contributed by atoms with E-state index in [1.54, 1.807) is 84.6 Å². The fraction of sp³-hybridized carbons (Fsp3) is 0.179. The summed E-state index contributed by atoms with van der Waals surface area (Å²) in [5.74, 6) is -1.12. The molecule has 0 aliphatic carbocycles. The molecular weight excluding hydrogens is 575 g/mol. The molecule has 40 heavy (non-hydrogen) atoms. The van der Waals surface area contributed by atoms with E-state index < -0.39 is 21.6 Å². The second-order valence-corrected chi connectivity index (χ2v) is 10.8. The molecule has 0 aliphatic rings. The highest BCUT2D eigenvalue weighted by Crippen LogP contribution is 2.42. The predicted octanol–water partition coefficient (Wildman–Crippen LogP) is 5.18. The van der Waals surface area contributed by atoms with Gasteiger partial charge in [-0.05, 0) is 31.2 Å². The number of halogens is 2. The Balaban J connectivity index is 0.00000220. The van der Waals surface area contributed by atoms with Crippen LogP contribution in [0.15, 0.2) is 84.5 Å². The lowest BCUT2D eigenvalue weighted by Crippen LogP contribution is -2.14. The number of pyridine rings is 1. The fourth-order valence-electron chi connectivity index (χ4n) is 4.66. The quantitative estimate of drug-likeness (QED) is 0.243. The largest absolute Gasteiger partial charge is 0.507 e. The van der Waals surface area contributed by atoms with Crippen molar-refractivity contribution < 1.29 is 23.1 Å². The lowest BCUT2D eigenvalue weighted by atomic mass is 9.96. The number of phenols is 1. The Bertz CT molecular complexity index is 1720. The number of phenolic OH excluding ortho intramolecular Hbond substituents is 1. The molecule has 0 saturated carbocycles. The molecule has 0 fully saturated rings. The van der Waals surface area contributed by atoms with E-state index >= 15 is 0 Å². The number of benzene rings is 2. The normalized spacial score (nSPS) is 11.1. The smallest absolute Gasteiger partial charge is 0.340 e. The number of esters is 1. The molecule has 5 aromatic rings. The second kappa shape index (κ2) is 12.5. The second-order valence-electron chi connectivity index (χ2n) is 8.80. The number of nitrogens with zero attached hydrogens (tertiary/aromatic N) is 4. The minimum atomic E-state index is -3.81. The number of fused-ring (bicyclic) bond motifs is 1. The summed E-state index contributed by atoms with van der Waals surface area (Å²) in [4.78, 5) is 21.8. The third-order valence-corrected chi connectivity index (χ3v) is 8.11. The van der Waals surface area contributed by atoms with Crippen LogP contribution in [0.1, 0.15) is 28.5 Å². The van der Waals surface area contributed by atoms with Crippen molar-refractivity contribution >= 4 is 51.5 Å². The van der Waals surface area contributed by atoms with Crippen LogP contribution in [0.5, 0.6) is 5.75 Å². The molecule has 0 aliphatic heterocycles. The Morgan fingerprint density at radius 1 is 1.05 bits per heavy atom. The van der Waals surface area contributed by atoms with E-state index in [-0.39, 0.29) is 59.9 Å². The topological polar surface area (TPSA) is 116 Å². The highest BCUT2D eigenvalue weighted by atomic mass is 35.5. The van der Waals surface area contributed by atoms with E-state index in [0.717, 1.165) is 0 Å². The highest BCUT2D eigenvalue weighted by molar-refractivity contribution is 7.90. The maximum absolute atomic E-state index is 13.4. The number of carbonyl (C=O) groups excluding carboxylic acids is 1. The van der Waals surface area contributed by atoms with Crippen molar-refractivity contribution in [2.24, 2.45) is 7.05 Å². The van der Waals surface area contributed by atoms with Gasteiger partial charge >= 0.3 is 5.97 Å². The maximum Gasteiger partial charge on any atom is 0.340 e. The molecule has 0 radical (unpaired) electrons. The molecule has 3 heterocycles. The Hall–Kier alpha value is -3.86. The summed E-state index contributed by atoms with van der Waals surface area (Å²) >= 11 is 0. The van der Waals surface area contributed by atoms with Gasteiger partial charge in [-0.1, -0.05) is 24.3 Å². The van der Waals surface area contributed by atoms with E-state index in [1.807, 2.05) is 6.07 Å². The Kier molecular flexibility index (Phi) is 9.62. The van der Waals surface area contributed by atoms with E-state index in [0.29, 0.717) is 27.6 Å². The summed E-state index contributed by atoms with van der Waals surface area (Å²) in [6, 6.07) is 13.4. The summed E-state index contributed by atoms with van der Waals surface area (Å²) < 4.78 is 35.7. The van der Waals surface area contributed by atoms with Crippen molar-refractivity contribution in [1.29, 1.82) is 0 Å². The van der Waals surface area contributed by atoms with Gasteiger partial charge in [-0.2, -0.15) is 0 Å². The van der Waals surface area contributed by atoms with Gasteiger partial charge in [-0.3, -0.25) is 4.98 Å². The van der Waals surface area contributed by atoms with Gasteiger partial charge in [0.05, 0.1) is 41.2 Å². The molecular formula is C28H28Cl2N4O5S. The number of carbonyl (C=O) groups is 1. The van der Waals surface area contributed by atoms with Crippen molar-refractivity contribution in [3.05, 3.63) is 96.5 Å². The van der Waals surface area contributed by atoms with Crippen molar-refractivity contribution in [2.75, 3.05) is 6.61 Å². The molecule has 210 valence electrons. The first kappa shape index (κ1) is 30.7. The molecule has 3 aromatic heterocycles. The van der Waals surface area contributed by atoms with E-state index in [1.165, 1.54) is 12.1 Å². The average molecular weight is 604 g/mol. The zero-order valence-electron chi connectivity index (χ0n) is 21.7. The van der Waals surface area contributed by atoms with E-state index in [4.69, 9.17) is 4.74 Å². The fourth-order valence-corrected chi connectivity index (χ4v) is 6.09. The van der Waals surface area contributed by atoms with Crippen molar-refractivity contribution in [2.45, 2.75) is 24.1 Å². The number of hydrogen-bond acceptors (Lipinski definition) is 7. The highest BCUT2D eigenvalue weighted by Gasteiger charge is 2.30. The van der Waals surface area contributed by atoms with Crippen molar-refractivity contribution in [1.82, 2.24) is 19.1 Å². The number of imidazole rings is 1. The maximum atomic E-state index is 13.4. The average Bonchev–Trinajstić information content (AvgIpc) is 3.53. The number of ether oxygens (including phenoxy) is 1. The molecule has 0 atom stereocenters. The molecule has 0 amide bonds. The third kappa shape index (κ3) is 5.70. The number of hydrogen-bond donors (Lipinski definition) is 1. The monoisotopic (exact) mass is 602 g/mol. The van der Waals surface area contributed by atoms with Crippen molar-refractivity contribution in [3.63, 3.8) is 0 Å². The van der Waals surface area contributed by atoms with E-state index in [2.05, 4.69) is 9.97 Å². The van der Waals surface area contributed by atoms with Crippen LogP contribution in [-0.4, -0.2) is 45.2 Å². The zero-order valence-corrected chi connectivity index (χ0v) is 24.2. The number of aryl methyl sites for hydroxylation is 1. The molecule has 5 rings (SSSR count). The van der Waals surface area contributed by atoms with Gasteiger partial charge in [0.2, 0.25) is 0 Å². The minimum absolute atomic E-state index is 0. The molecule has 2 aromatic carbocycles.